The van der Waals surface area contributed by atoms with Crippen molar-refractivity contribution in [3.8, 4) is 17.0 Å². The molecule has 3 aromatic heterocycles. The van der Waals surface area contributed by atoms with E-state index >= 15 is 0 Å². The first-order chi connectivity index (χ1) is 17.9. The standard InChI is InChI=1S/C27H26N6O4/c1-3-4-15-37-22-11-7-20(8-12-22)23-16-24-26-30-33(27(36)31(26)13-14-32(24)29-23)17-25(35)28-21-9-5-19(6-10-21)18(2)34/h5-14,16H,3-4,15,17H2,1-2H3,(H,28,35). The maximum Gasteiger partial charge on any atom is 0.350 e. The van der Waals surface area contributed by atoms with E-state index in [1.165, 1.54) is 11.3 Å². The van der Waals surface area contributed by atoms with Crippen molar-refractivity contribution in [1.82, 2.24) is 23.8 Å². The van der Waals surface area contributed by atoms with E-state index in [-0.39, 0.29) is 12.3 Å². The first-order valence-electron chi connectivity index (χ1n) is 12.0. The number of hydrogen-bond donors (Lipinski definition) is 1. The summed E-state index contributed by atoms with van der Waals surface area (Å²) < 4.78 is 9.89. The molecule has 0 saturated heterocycles. The number of aromatic nitrogens is 5. The Morgan fingerprint density at radius 1 is 1.00 bits per heavy atom. The molecule has 0 fully saturated rings. The minimum atomic E-state index is -0.434. The summed E-state index contributed by atoms with van der Waals surface area (Å²) in [6, 6.07) is 16.1. The van der Waals surface area contributed by atoms with E-state index in [1.807, 2.05) is 30.3 Å². The van der Waals surface area contributed by atoms with Gasteiger partial charge in [-0.25, -0.2) is 18.4 Å². The Labute approximate surface area is 212 Å². The van der Waals surface area contributed by atoms with Gasteiger partial charge in [0, 0.05) is 29.2 Å². The molecule has 2 aromatic carbocycles. The minimum absolute atomic E-state index is 0.0584. The Hall–Kier alpha value is -4.73. The second kappa shape index (κ2) is 10.1. The average Bonchev–Trinajstić information content (AvgIpc) is 3.46. The minimum Gasteiger partial charge on any atom is -0.494 e. The van der Waals surface area contributed by atoms with Crippen molar-refractivity contribution < 1.29 is 14.3 Å². The summed E-state index contributed by atoms with van der Waals surface area (Å²) in [6.07, 6.45) is 5.34. The number of fused-ring (bicyclic) bond motifs is 3. The number of benzene rings is 2. The highest BCUT2D eigenvalue weighted by Crippen LogP contribution is 2.24. The van der Waals surface area contributed by atoms with Gasteiger partial charge in [0.05, 0.1) is 12.3 Å². The molecule has 1 N–H and O–H groups in total. The van der Waals surface area contributed by atoms with Gasteiger partial charge in [0.25, 0.3) is 0 Å². The van der Waals surface area contributed by atoms with Crippen LogP contribution in [0.4, 0.5) is 5.69 Å². The summed E-state index contributed by atoms with van der Waals surface area (Å²) in [5.41, 5.74) is 3.30. The summed E-state index contributed by atoms with van der Waals surface area (Å²) >= 11 is 0. The third-order valence-corrected chi connectivity index (χ3v) is 5.98. The van der Waals surface area contributed by atoms with Crippen molar-refractivity contribution in [3.05, 3.63) is 83.0 Å². The number of hydrogen-bond acceptors (Lipinski definition) is 6. The first-order valence-corrected chi connectivity index (χ1v) is 12.0. The van der Waals surface area contributed by atoms with Gasteiger partial charge < -0.3 is 10.1 Å². The predicted octanol–water partition coefficient (Wildman–Crippen LogP) is 3.83. The van der Waals surface area contributed by atoms with Gasteiger partial charge >= 0.3 is 5.69 Å². The van der Waals surface area contributed by atoms with Crippen LogP contribution >= 0.6 is 0 Å². The van der Waals surface area contributed by atoms with E-state index in [0.29, 0.717) is 29.0 Å². The Morgan fingerprint density at radius 2 is 1.76 bits per heavy atom. The first kappa shape index (κ1) is 24.0. The molecule has 0 atom stereocenters. The Morgan fingerprint density at radius 3 is 2.46 bits per heavy atom. The van der Waals surface area contributed by atoms with Crippen LogP contribution in [0.5, 0.6) is 5.75 Å². The number of unbranched alkanes of at least 4 members (excludes halogenated alkanes) is 1. The van der Waals surface area contributed by atoms with Crippen LogP contribution in [-0.2, 0) is 11.3 Å². The fourth-order valence-corrected chi connectivity index (χ4v) is 3.96. The number of nitrogens with one attached hydrogen (secondary N) is 1. The van der Waals surface area contributed by atoms with Crippen LogP contribution in [0.25, 0.3) is 22.4 Å². The van der Waals surface area contributed by atoms with E-state index in [1.54, 1.807) is 41.2 Å². The molecule has 188 valence electrons. The smallest absolute Gasteiger partial charge is 0.350 e. The number of Topliss-reactive ketones (excluding diaryl/α,β-unsaturated/α-hetero) is 1. The van der Waals surface area contributed by atoms with Crippen LogP contribution in [-0.4, -0.2) is 42.1 Å². The normalized spacial score (nSPS) is 11.2. The molecular formula is C27H26N6O4. The van der Waals surface area contributed by atoms with Crippen LogP contribution in [0.15, 0.2) is 71.8 Å². The van der Waals surface area contributed by atoms with Gasteiger partial charge in [-0.3, -0.25) is 9.59 Å². The molecule has 0 bridgehead atoms. The number of carbonyl (C=O) groups excluding carboxylic acids is 2. The molecule has 10 heteroatoms. The maximum absolute atomic E-state index is 12.9. The van der Waals surface area contributed by atoms with Crippen molar-refractivity contribution in [1.29, 1.82) is 0 Å². The van der Waals surface area contributed by atoms with Crippen LogP contribution < -0.4 is 15.7 Å². The molecular weight excluding hydrogens is 472 g/mol. The molecule has 0 radical (unpaired) electrons. The zero-order valence-corrected chi connectivity index (χ0v) is 20.5. The van der Waals surface area contributed by atoms with Crippen molar-refractivity contribution in [2.75, 3.05) is 11.9 Å². The van der Waals surface area contributed by atoms with Crippen LogP contribution in [0, 0.1) is 0 Å². The molecule has 0 aliphatic heterocycles. The number of ketones is 1. The molecule has 0 saturated carbocycles. The zero-order valence-electron chi connectivity index (χ0n) is 20.5. The molecule has 0 unspecified atom stereocenters. The second-order valence-corrected chi connectivity index (χ2v) is 8.70. The van der Waals surface area contributed by atoms with Crippen molar-refractivity contribution in [3.63, 3.8) is 0 Å². The SMILES string of the molecule is CCCCOc1ccc(-c2cc3c4nn(CC(=O)Nc5ccc(C(C)=O)cc5)c(=O)n4ccn3n2)cc1. The molecule has 0 spiro atoms. The third-order valence-electron chi connectivity index (χ3n) is 5.98. The molecule has 0 aliphatic rings. The molecule has 5 rings (SSSR count). The summed E-state index contributed by atoms with van der Waals surface area (Å²) in [5.74, 6) is 0.339. The topological polar surface area (TPSA) is 112 Å². The summed E-state index contributed by atoms with van der Waals surface area (Å²) in [7, 11) is 0. The molecule has 10 nitrogen and oxygen atoms in total. The van der Waals surface area contributed by atoms with Gasteiger partial charge in [-0.05, 0) is 67.9 Å². The summed E-state index contributed by atoms with van der Waals surface area (Å²) in [5, 5.41) is 11.7. The van der Waals surface area contributed by atoms with Crippen LogP contribution in [0.3, 0.4) is 0 Å². The van der Waals surface area contributed by atoms with Gasteiger partial charge in [0.2, 0.25) is 5.91 Å². The Balaban J connectivity index is 1.37. The molecule has 5 aromatic rings. The predicted molar refractivity (Wildman–Crippen MR) is 139 cm³/mol. The maximum atomic E-state index is 12.9. The van der Waals surface area contributed by atoms with Gasteiger partial charge in [-0.15, -0.1) is 5.10 Å². The van der Waals surface area contributed by atoms with Crippen molar-refractivity contribution >= 4 is 28.5 Å². The molecule has 0 aliphatic carbocycles. The van der Waals surface area contributed by atoms with E-state index in [2.05, 4.69) is 22.4 Å². The number of anilines is 1. The van der Waals surface area contributed by atoms with Crippen molar-refractivity contribution in [2.24, 2.45) is 0 Å². The highest BCUT2D eigenvalue weighted by molar-refractivity contribution is 5.95. The fourth-order valence-electron chi connectivity index (χ4n) is 3.96. The highest BCUT2D eigenvalue weighted by Gasteiger charge is 2.15. The Bertz CT molecular complexity index is 1650. The van der Waals surface area contributed by atoms with Gasteiger partial charge in [-0.1, -0.05) is 13.3 Å². The van der Waals surface area contributed by atoms with Crippen LogP contribution in [0.2, 0.25) is 0 Å². The summed E-state index contributed by atoms with van der Waals surface area (Å²) in [4.78, 5) is 36.9. The quantitative estimate of drug-likeness (QED) is 0.244. The zero-order chi connectivity index (χ0) is 25.9. The van der Waals surface area contributed by atoms with Gasteiger partial charge in [0.15, 0.2) is 11.4 Å². The van der Waals surface area contributed by atoms with E-state index in [9.17, 15) is 14.4 Å². The lowest BCUT2D eigenvalue weighted by molar-refractivity contribution is -0.117. The Kier molecular flexibility index (Phi) is 6.55. The average molecular weight is 499 g/mol. The molecule has 3 heterocycles. The monoisotopic (exact) mass is 498 g/mol. The molecule has 1 amide bonds. The lowest BCUT2D eigenvalue weighted by Gasteiger charge is -2.05. The van der Waals surface area contributed by atoms with Crippen molar-refractivity contribution in [2.45, 2.75) is 33.2 Å². The number of nitrogens with zero attached hydrogens (tertiary/aromatic N) is 5. The van der Waals surface area contributed by atoms with Gasteiger partial charge in [-0.2, -0.15) is 5.10 Å². The number of rotatable bonds is 9. The lowest BCUT2D eigenvalue weighted by atomic mass is 10.1. The van der Waals surface area contributed by atoms with Gasteiger partial charge in [0.1, 0.15) is 17.8 Å². The van der Waals surface area contributed by atoms with Crippen LogP contribution in [0.1, 0.15) is 37.0 Å². The number of carbonyl (C=O) groups is 2. The highest BCUT2D eigenvalue weighted by atomic mass is 16.5. The van der Waals surface area contributed by atoms with E-state index in [0.717, 1.165) is 34.5 Å². The second-order valence-electron chi connectivity index (χ2n) is 8.70. The largest absolute Gasteiger partial charge is 0.494 e. The van der Waals surface area contributed by atoms with E-state index in [4.69, 9.17) is 4.74 Å². The third kappa shape index (κ3) is 4.99. The summed E-state index contributed by atoms with van der Waals surface area (Å²) in [6.45, 7) is 4.02. The van der Waals surface area contributed by atoms with E-state index < -0.39 is 11.6 Å². The number of amides is 1. The fraction of sp³-hybridized carbons (Fsp3) is 0.222. The molecule has 37 heavy (non-hydrogen) atoms. The number of ether oxygens (including phenoxy) is 1. The lowest BCUT2D eigenvalue weighted by Crippen LogP contribution is -2.28.